The van der Waals surface area contributed by atoms with Gasteiger partial charge in [-0.1, -0.05) is 6.92 Å². The van der Waals surface area contributed by atoms with Crippen LogP contribution in [0.4, 0.5) is 0 Å². The average Bonchev–Trinajstić information content (AvgIpc) is 1.77. The molecule has 0 aromatic carbocycles. The van der Waals surface area contributed by atoms with Crippen LogP contribution in [0.25, 0.3) is 0 Å². The molecular formula is C6H13NO. The maximum Gasteiger partial charge on any atom is 0.0620 e. The van der Waals surface area contributed by atoms with Crippen LogP contribution in [0.2, 0.25) is 0 Å². The lowest BCUT2D eigenvalue weighted by Gasteiger charge is -2.24. The molecule has 2 heteroatoms. The highest BCUT2D eigenvalue weighted by atomic mass is 16.5. The molecule has 48 valence electrons. The van der Waals surface area contributed by atoms with E-state index in [0.717, 1.165) is 19.6 Å². The zero-order valence-corrected chi connectivity index (χ0v) is 5.26. The Morgan fingerprint density at radius 2 is 2.38 bits per heavy atom. The number of nitrogens with two attached hydrogens (primary N) is 1. The van der Waals surface area contributed by atoms with Gasteiger partial charge in [0, 0.05) is 12.6 Å². The zero-order chi connectivity index (χ0) is 5.98. The van der Waals surface area contributed by atoms with Crippen LogP contribution in [-0.2, 0) is 4.74 Å². The first-order valence-electron chi connectivity index (χ1n) is 3.14. The third-order valence-corrected chi connectivity index (χ3v) is 1.76. The molecule has 8 heavy (non-hydrogen) atoms. The fourth-order valence-electron chi connectivity index (χ4n) is 0.867. The van der Waals surface area contributed by atoms with Gasteiger partial charge >= 0.3 is 0 Å². The lowest BCUT2D eigenvalue weighted by molar-refractivity contribution is 0.0546. The molecule has 1 aliphatic heterocycles. The van der Waals surface area contributed by atoms with Gasteiger partial charge in [0.15, 0.2) is 0 Å². The van der Waals surface area contributed by atoms with Gasteiger partial charge in [-0.25, -0.2) is 0 Å². The molecule has 0 amide bonds. The largest absolute Gasteiger partial charge is 0.380 e. The maximum absolute atomic E-state index is 5.65. The van der Waals surface area contributed by atoms with E-state index in [1.54, 1.807) is 0 Å². The normalized spacial score (nSPS) is 39.8. The van der Waals surface area contributed by atoms with Crippen molar-refractivity contribution in [2.24, 2.45) is 11.7 Å². The lowest BCUT2D eigenvalue weighted by Crippen LogP contribution is -2.37. The summed E-state index contributed by atoms with van der Waals surface area (Å²) in [6.45, 7) is 3.82. The molecule has 0 aliphatic carbocycles. The first kappa shape index (κ1) is 6.05. The van der Waals surface area contributed by atoms with Gasteiger partial charge in [0.25, 0.3) is 0 Å². The Bertz CT molecular complexity index is 64.9. The zero-order valence-electron chi connectivity index (χ0n) is 5.26. The summed E-state index contributed by atoms with van der Waals surface area (Å²) in [5.41, 5.74) is 5.65. The molecule has 0 radical (unpaired) electrons. The van der Waals surface area contributed by atoms with Crippen molar-refractivity contribution in [3.8, 4) is 0 Å². The summed E-state index contributed by atoms with van der Waals surface area (Å²) in [6, 6.07) is 0.281. The number of hydrogen-bond donors (Lipinski definition) is 1. The summed E-state index contributed by atoms with van der Waals surface area (Å²) in [7, 11) is 0. The number of rotatable bonds is 0. The summed E-state index contributed by atoms with van der Waals surface area (Å²) >= 11 is 0. The Morgan fingerprint density at radius 3 is 2.75 bits per heavy atom. The van der Waals surface area contributed by atoms with Crippen molar-refractivity contribution in [2.45, 2.75) is 19.4 Å². The third-order valence-electron chi connectivity index (χ3n) is 1.76. The molecule has 2 atom stereocenters. The van der Waals surface area contributed by atoms with Crippen LogP contribution in [0.15, 0.2) is 0 Å². The highest BCUT2D eigenvalue weighted by Gasteiger charge is 2.16. The van der Waals surface area contributed by atoms with Crippen molar-refractivity contribution < 1.29 is 4.74 Å². The first-order valence-corrected chi connectivity index (χ1v) is 3.14. The van der Waals surface area contributed by atoms with E-state index in [2.05, 4.69) is 6.92 Å². The second-order valence-corrected chi connectivity index (χ2v) is 2.50. The predicted octanol–water partition coefficient (Wildman–Crippen LogP) is 0.370. The third kappa shape index (κ3) is 1.20. The molecule has 1 aliphatic rings. The molecule has 0 saturated carbocycles. The van der Waals surface area contributed by atoms with E-state index in [1.165, 1.54) is 0 Å². The van der Waals surface area contributed by atoms with Crippen molar-refractivity contribution in [3.05, 3.63) is 0 Å². The minimum Gasteiger partial charge on any atom is -0.380 e. The standard InChI is InChI=1S/C6H13NO/c1-5-2-3-8-4-6(5)7/h5-6H,2-4,7H2,1H3. The Hall–Kier alpha value is -0.0800. The van der Waals surface area contributed by atoms with E-state index in [1.807, 2.05) is 0 Å². The molecule has 2 nitrogen and oxygen atoms in total. The predicted molar refractivity (Wildman–Crippen MR) is 32.6 cm³/mol. The number of hydrogen-bond acceptors (Lipinski definition) is 2. The van der Waals surface area contributed by atoms with Crippen molar-refractivity contribution in [1.82, 2.24) is 0 Å². The fraction of sp³-hybridized carbons (Fsp3) is 1.00. The molecule has 2 unspecified atom stereocenters. The Labute approximate surface area is 50.0 Å². The van der Waals surface area contributed by atoms with E-state index >= 15 is 0 Å². The van der Waals surface area contributed by atoms with E-state index in [0.29, 0.717) is 5.92 Å². The van der Waals surface area contributed by atoms with Crippen LogP contribution in [-0.4, -0.2) is 19.3 Å². The van der Waals surface area contributed by atoms with E-state index in [4.69, 9.17) is 10.5 Å². The molecule has 2 N–H and O–H groups in total. The molecule has 1 heterocycles. The summed E-state index contributed by atoms with van der Waals surface area (Å²) in [5, 5.41) is 0. The Kier molecular flexibility index (Phi) is 1.86. The van der Waals surface area contributed by atoms with Gasteiger partial charge in [0.2, 0.25) is 0 Å². The summed E-state index contributed by atoms with van der Waals surface area (Å²) < 4.78 is 5.13. The van der Waals surface area contributed by atoms with Crippen molar-refractivity contribution in [1.29, 1.82) is 0 Å². The quantitative estimate of drug-likeness (QED) is 0.495. The van der Waals surface area contributed by atoms with Crippen molar-refractivity contribution in [3.63, 3.8) is 0 Å². The molecular weight excluding hydrogens is 102 g/mol. The molecule has 1 saturated heterocycles. The Morgan fingerprint density at radius 1 is 1.62 bits per heavy atom. The van der Waals surface area contributed by atoms with Gasteiger partial charge in [0.05, 0.1) is 6.61 Å². The highest BCUT2D eigenvalue weighted by molar-refractivity contribution is 4.71. The first-order chi connectivity index (χ1) is 3.80. The van der Waals surface area contributed by atoms with Gasteiger partial charge in [-0.2, -0.15) is 0 Å². The summed E-state index contributed by atoms with van der Waals surface area (Å²) in [4.78, 5) is 0. The fourth-order valence-corrected chi connectivity index (χ4v) is 0.867. The van der Waals surface area contributed by atoms with Gasteiger partial charge in [0.1, 0.15) is 0 Å². The van der Waals surface area contributed by atoms with E-state index in [-0.39, 0.29) is 6.04 Å². The van der Waals surface area contributed by atoms with Crippen LogP contribution in [0.3, 0.4) is 0 Å². The SMILES string of the molecule is CC1CCOCC1N. The smallest absolute Gasteiger partial charge is 0.0620 e. The van der Waals surface area contributed by atoms with E-state index in [9.17, 15) is 0 Å². The minimum atomic E-state index is 0.281. The molecule has 1 fully saturated rings. The lowest BCUT2D eigenvalue weighted by atomic mass is 9.98. The second kappa shape index (κ2) is 2.46. The summed E-state index contributed by atoms with van der Waals surface area (Å²) in [5.74, 6) is 0.656. The summed E-state index contributed by atoms with van der Waals surface area (Å²) in [6.07, 6.45) is 1.13. The highest BCUT2D eigenvalue weighted by Crippen LogP contribution is 2.11. The average molecular weight is 115 g/mol. The topological polar surface area (TPSA) is 35.2 Å². The number of ether oxygens (including phenoxy) is 1. The molecule has 0 aromatic rings. The Balaban J connectivity index is 2.28. The molecule has 0 aromatic heterocycles. The minimum absolute atomic E-state index is 0.281. The molecule has 0 bridgehead atoms. The van der Waals surface area contributed by atoms with Gasteiger partial charge in [-0.3, -0.25) is 0 Å². The van der Waals surface area contributed by atoms with Crippen LogP contribution in [0.5, 0.6) is 0 Å². The van der Waals surface area contributed by atoms with Crippen LogP contribution in [0, 0.1) is 5.92 Å². The van der Waals surface area contributed by atoms with Crippen LogP contribution < -0.4 is 5.73 Å². The molecule has 1 rings (SSSR count). The monoisotopic (exact) mass is 115 g/mol. The van der Waals surface area contributed by atoms with Crippen molar-refractivity contribution >= 4 is 0 Å². The molecule has 0 spiro atoms. The van der Waals surface area contributed by atoms with E-state index < -0.39 is 0 Å². The van der Waals surface area contributed by atoms with Gasteiger partial charge < -0.3 is 10.5 Å². The maximum atomic E-state index is 5.65. The van der Waals surface area contributed by atoms with Crippen LogP contribution >= 0.6 is 0 Å². The second-order valence-electron chi connectivity index (χ2n) is 2.50. The van der Waals surface area contributed by atoms with Crippen LogP contribution in [0.1, 0.15) is 13.3 Å². The van der Waals surface area contributed by atoms with Gasteiger partial charge in [-0.15, -0.1) is 0 Å². The van der Waals surface area contributed by atoms with Gasteiger partial charge in [-0.05, 0) is 12.3 Å². The van der Waals surface area contributed by atoms with Crippen molar-refractivity contribution in [2.75, 3.05) is 13.2 Å².